The molecule has 1 aromatic heterocycles. The minimum absolute atomic E-state index is 0.105. The molecule has 1 heterocycles. The summed E-state index contributed by atoms with van der Waals surface area (Å²) in [6.45, 7) is 1.99. The van der Waals surface area contributed by atoms with Gasteiger partial charge in [-0.25, -0.2) is 0 Å². The summed E-state index contributed by atoms with van der Waals surface area (Å²) in [5, 5.41) is 3.87. The van der Waals surface area contributed by atoms with Gasteiger partial charge < -0.3 is 9.42 Å². The van der Waals surface area contributed by atoms with Crippen molar-refractivity contribution in [3.05, 3.63) is 89.1 Å². The Hall–Kier alpha value is -3.05. The highest BCUT2D eigenvalue weighted by Gasteiger charge is 2.29. The van der Waals surface area contributed by atoms with Crippen LogP contribution in [0, 0.1) is 18.8 Å². The van der Waals surface area contributed by atoms with Gasteiger partial charge in [-0.2, -0.15) is 4.98 Å². The van der Waals surface area contributed by atoms with Crippen molar-refractivity contribution in [3.63, 3.8) is 0 Å². The largest absolute Gasteiger partial charge is 0.334 e. The monoisotopic (exact) mass is 429 g/mol. The van der Waals surface area contributed by atoms with Crippen LogP contribution < -0.4 is 0 Å². The Morgan fingerprint density at radius 1 is 1.03 bits per heavy atom. The topological polar surface area (TPSA) is 59.2 Å². The molecule has 1 atom stereocenters. The average molecular weight is 430 g/mol. The molecule has 1 unspecified atom stereocenters. The molecule has 0 bridgehead atoms. The first-order valence-corrected chi connectivity index (χ1v) is 11.4. The molecule has 0 spiro atoms. The minimum atomic E-state index is -0.218. The molecule has 5 heteroatoms. The summed E-state index contributed by atoms with van der Waals surface area (Å²) in [5.74, 6) is 1.42. The number of nitrogens with zero attached hydrogens (tertiary/aromatic N) is 3. The van der Waals surface area contributed by atoms with E-state index in [0.717, 1.165) is 18.4 Å². The smallest absolute Gasteiger partial charge is 0.250 e. The van der Waals surface area contributed by atoms with E-state index in [-0.39, 0.29) is 11.6 Å². The minimum Gasteiger partial charge on any atom is -0.334 e. The van der Waals surface area contributed by atoms with Crippen molar-refractivity contribution in [1.82, 2.24) is 15.0 Å². The third-order valence-electron chi connectivity index (χ3n) is 6.43. The Morgan fingerprint density at radius 2 is 1.72 bits per heavy atom. The second-order valence-corrected chi connectivity index (χ2v) is 9.00. The zero-order chi connectivity index (χ0) is 22.5. The maximum atomic E-state index is 12.5. The van der Waals surface area contributed by atoms with Gasteiger partial charge in [0.2, 0.25) is 11.6 Å². The molecule has 2 aromatic carbocycles. The molecule has 0 aliphatic heterocycles. The van der Waals surface area contributed by atoms with Crippen LogP contribution in [-0.2, 0) is 0 Å². The van der Waals surface area contributed by atoms with E-state index < -0.39 is 0 Å². The highest BCUT2D eigenvalue weighted by Crippen LogP contribution is 2.39. The Balaban J connectivity index is 1.35. The molecule has 1 fully saturated rings. The van der Waals surface area contributed by atoms with Crippen molar-refractivity contribution in [2.45, 2.75) is 38.6 Å². The van der Waals surface area contributed by atoms with Crippen molar-refractivity contribution in [3.8, 4) is 0 Å². The number of hydrogen-bond acceptors (Lipinski definition) is 5. The molecule has 1 saturated carbocycles. The van der Waals surface area contributed by atoms with E-state index in [1.54, 1.807) is 12.1 Å². The van der Waals surface area contributed by atoms with Crippen LogP contribution in [0.25, 0.3) is 6.08 Å². The number of aryl methyl sites for hydroxylation is 1. The summed E-state index contributed by atoms with van der Waals surface area (Å²) in [6.07, 6.45) is 8.69. The van der Waals surface area contributed by atoms with Gasteiger partial charge in [0.1, 0.15) is 0 Å². The highest BCUT2D eigenvalue weighted by atomic mass is 16.5. The number of ketones is 1. The molecule has 0 radical (unpaired) electrons. The average Bonchev–Trinajstić information content (AvgIpc) is 3.28. The van der Waals surface area contributed by atoms with Crippen molar-refractivity contribution < 1.29 is 9.32 Å². The molecule has 1 aliphatic rings. The van der Waals surface area contributed by atoms with Gasteiger partial charge >= 0.3 is 0 Å². The van der Waals surface area contributed by atoms with Gasteiger partial charge in [0, 0.05) is 11.6 Å². The van der Waals surface area contributed by atoms with Gasteiger partial charge in [-0.05, 0) is 70.2 Å². The predicted molar refractivity (Wildman–Crippen MR) is 126 cm³/mol. The number of benzene rings is 2. The number of aromatic nitrogens is 2. The second kappa shape index (κ2) is 10.0. The van der Waals surface area contributed by atoms with Gasteiger partial charge in [-0.1, -0.05) is 71.4 Å². The Labute approximate surface area is 190 Å². The summed E-state index contributed by atoms with van der Waals surface area (Å²) in [5.41, 5.74) is 3.07. The Morgan fingerprint density at radius 3 is 2.38 bits per heavy atom. The van der Waals surface area contributed by atoms with Gasteiger partial charge in [-0.3, -0.25) is 4.79 Å². The van der Waals surface area contributed by atoms with E-state index >= 15 is 0 Å². The second-order valence-electron chi connectivity index (χ2n) is 9.00. The van der Waals surface area contributed by atoms with Gasteiger partial charge in [0.05, 0.1) is 0 Å². The van der Waals surface area contributed by atoms with Crippen molar-refractivity contribution in [2.24, 2.45) is 11.8 Å². The fourth-order valence-corrected chi connectivity index (χ4v) is 4.74. The van der Waals surface area contributed by atoms with Crippen LogP contribution in [-0.4, -0.2) is 34.9 Å². The van der Waals surface area contributed by atoms with E-state index in [2.05, 4.69) is 65.5 Å². The first-order chi connectivity index (χ1) is 15.5. The molecule has 1 aliphatic carbocycles. The summed E-state index contributed by atoms with van der Waals surface area (Å²) in [7, 11) is 4.35. The highest BCUT2D eigenvalue weighted by molar-refractivity contribution is 6.06. The molecule has 0 amide bonds. The fourth-order valence-electron chi connectivity index (χ4n) is 4.74. The zero-order valence-corrected chi connectivity index (χ0v) is 19.1. The summed E-state index contributed by atoms with van der Waals surface area (Å²) in [6, 6.07) is 18.7. The molecular formula is C27H31N3O2. The molecule has 166 valence electrons. The lowest BCUT2D eigenvalue weighted by molar-refractivity contribution is 0.102. The van der Waals surface area contributed by atoms with Gasteiger partial charge in [0.15, 0.2) is 0 Å². The van der Waals surface area contributed by atoms with Crippen LogP contribution in [0.15, 0.2) is 65.2 Å². The number of allylic oxidation sites excluding steroid dienone is 1. The van der Waals surface area contributed by atoms with Crippen LogP contribution in [0.3, 0.4) is 0 Å². The van der Waals surface area contributed by atoms with E-state index in [1.165, 1.54) is 18.4 Å². The van der Waals surface area contributed by atoms with E-state index in [1.807, 2.05) is 25.1 Å². The van der Waals surface area contributed by atoms with E-state index in [4.69, 9.17) is 4.52 Å². The lowest BCUT2D eigenvalue weighted by Gasteiger charge is -2.37. The van der Waals surface area contributed by atoms with Crippen molar-refractivity contribution in [2.75, 3.05) is 14.1 Å². The molecule has 32 heavy (non-hydrogen) atoms. The Bertz CT molecular complexity index is 1050. The molecule has 0 N–H and O–H groups in total. The fraction of sp³-hybridized carbons (Fsp3) is 0.370. The van der Waals surface area contributed by atoms with Crippen LogP contribution in [0.5, 0.6) is 0 Å². The lowest BCUT2D eigenvalue weighted by atomic mass is 9.76. The lowest BCUT2D eigenvalue weighted by Crippen LogP contribution is -2.30. The first kappa shape index (κ1) is 22.2. The summed E-state index contributed by atoms with van der Waals surface area (Å²) >= 11 is 0. The van der Waals surface area contributed by atoms with E-state index in [9.17, 15) is 4.79 Å². The maximum absolute atomic E-state index is 12.5. The molecule has 4 rings (SSSR count). The van der Waals surface area contributed by atoms with Crippen LogP contribution >= 0.6 is 0 Å². The Kier molecular flexibility index (Phi) is 6.96. The molecule has 3 aromatic rings. The zero-order valence-electron chi connectivity index (χ0n) is 19.1. The van der Waals surface area contributed by atoms with Gasteiger partial charge in [-0.15, -0.1) is 0 Å². The molecular weight excluding hydrogens is 398 g/mol. The van der Waals surface area contributed by atoms with Crippen molar-refractivity contribution >= 4 is 11.9 Å². The SMILES string of the molecule is Cc1ccc(C(=O)c2noc(C=CC3CCC(C(c4ccccc4)N(C)C)CC3)n2)cc1. The molecule has 0 saturated heterocycles. The van der Waals surface area contributed by atoms with Crippen molar-refractivity contribution in [1.29, 1.82) is 0 Å². The normalized spacial score (nSPS) is 20.0. The van der Waals surface area contributed by atoms with Crippen LogP contribution in [0.4, 0.5) is 0 Å². The number of rotatable bonds is 7. The first-order valence-electron chi connectivity index (χ1n) is 11.4. The molecule has 5 nitrogen and oxygen atoms in total. The summed E-state index contributed by atoms with van der Waals surface area (Å²) in [4.78, 5) is 19.2. The number of carbonyl (C=O) groups excluding carboxylic acids is 1. The van der Waals surface area contributed by atoms with E-state index in [0.29, 0.717) is 29.3 Å². The predicted octanol–water partition coefficient (Wildman–Crippen LogP) is 5.73. The number of hydrogen-bond donors (Lipinski definition) is 0. The standard InChI is InChI=1S/C27H31N3O2/c1-19-9-14-23(15-10-19)26(31)27-28-24(32-29-27)18-13-20-11-16-22(17-12-20)25(30(2)3)21-7-5-4-6-8-21/h4-10,13-15,18,20,22,25H,11-12,16-17H2,1-3H3. The summed E-state index contributed by atoms with van der Waals surface area (Å²) < 4.78 is 5.30. The van der Waals surface area contributed by atoms with Gasteiger partial charge in [0.25, 0.3) is 5.89 Å². The quantitative estimate of drug-likeness (QED) is 0.449. The van der Waals surface area contributed by atoms with Crippen LogP contribution in [0.1, 0.15) is 64.9 Å². The van der Waals surface area contributed by atoms with Crippen LogP contribution in [0.2, 0.25) is 0 Å². The third-order valence-corrected chi connectivity index (χ3v) is 6.43. The number of carbonyl (C=O) groups is 1. The maximum Gasteiger partial charge on any atom is 0.250 e. The third kappa shape index (κ3) is 5.22.